The molecule has 0 fully saturated rings. The number of nitrogens with one attached hydrogen (secondary N) is 1. The number of carbonyl (C=O) groups is 1. The van der Waals surface area contributed by atoms with Crippen molar-refractivity contribution in [3.05, 3.63) is 59.7 Å². The molecule has 2 aromatic rings. The van der Waals surface area contributed by atoms with Gasteiger partial charge in [0.2, 0.25) is 5.91 Å². The lowest BCUT2D eigenvalue weighted by Gasteiger charge is -2.07. The van der Waals surface area contributed by atoms with E-state index in [1.54, 1.807) is 14.2 Å². The lowest BCUT2D eigenvalue weighted by molar-refractivity contribution is -0.121. The molecule has 0 atom stereocenters. The first-order valence-electron chi connectivity index (χ1n) is 7.24. The van der Waals surface area contributed by atoms with Crippen LogP contribution in [0.3, 0.4) is 0 Å². The lowest BCUT2D eigenvalue weighted by atomic mass is 10.1. The summed E-state index contributed by atoms with van der Waals surface area (Å²) in [6.45, 7) is 0.508. The second-order valence-electron chi connectivity index (χ2n) is 4.98. The average Bonchev–Trinajstić information content (AvgIpc) is 2.58. The van der Waals surface area contributed by atoms with Crippen LogP contribution in [0.1, 0.15) is 17.5 Å². The molecule has 2 rings (SSSR count). The Kier molecular flexibility index (Phi) is 5.83. The van der Waals surface area contributed by atoms with Gasteiger partial charge in [0, 0.05) is 13.0 Å². The van der Waals surface area contributed by atoms with Gasteiger partial charge in [0.1, 0.15) is 11.5 Å². The minimum absolute atomic E-state index is 0.0330. The fourth-order valence-corrected chi connectivity index (χ4v) is 2.16. The van der Waals surface area contributed by atoms with E-state index in [9.17, 15) is 4.79 Å². The highest BCUT2D eigenvalue weighted by Gasteiger charge is 2.04. The molecule has 1 N–H and O–H groups in total. The molecule has 0 bridgehead atoms. The fraction of sp³-hybridized carbons (Fsp3) is 0.278. The number of amides is 1. The van der Waals surface area contributed by atoms with Gasteiger partial charge in [0.25, 0.3) is 0 Å². The van der Waals surface area contributed by atoms with Gasteiger partial charge in [-0.3, -0.25) is 4.79 Å². The third kappa shape index (κ3) is 4.81. The normalized spacial score (nSPS) is 10.1. The van der Waals surface area contributed by atoms with Crippen LogP contribution in [0.2, 0.25) is 0 Å². The van der Waals surface area contributed by atoms with Crippen LogP contribution in [0, 0.1) is 0 Å². The van der Waals surface area contributed by atoms with Gasteiger partial charge in [-0.25, -0.2) is 0 Å². The summed E-state index contributed by atoms with van der Waals surface area (Å²) in [7, 11) is 3.27. The fourth-order valence-electron chi connectivity index (χ4n) is 2.16. The van der Waals surface area contributed by atoms with Crippen LogP contribution >= 0.6 is 0 Å². The summed E-state index contributed by atoms with van der Waals surface area (Å²) in [4.78, 5) is 11.9. The standard InChI is InChI=1S/C18H21NO3/c1-21-16-7-3-5-14(11-16)9-10-18(20)19-13-15-6-4-8-17(12-15)22-2/h3-8,11-12H,9-10,13H2,1-2H3,(H,19,20). The van der Waals surface area contributed by atoms with Gasteiger partial charge in [-0.15, -0.1) is 0 Å². The third-order valence-electron chi connectivity index (χ3n) is 3.40. The lowest BCUT2D eigenvalue weighted by Crippen LogP contribution is -2.23. The van der Waals surface area contributed by atoms with Crippen LogP contribution in [0.4, 0.5) is 0 Å². The van der Waals surface area contributed by atoms with E-state index in [2.05, 4.69) is 5.32 Å². The van der Waals surface area contributed by atoms with E-state index in [1.807, 2.05) is 48.5 Å². The topological polar surface area (TPSA) is 47.6 Å². The van der Waals surface area contributed by atoms with Crippen LogP contribution in [0.15, 0.2) is 48.5 Å². The van der Waals surface area contributed by atoms with Crippen LogP contribution < -0.4 is 14.8 Å². The number of aryl methyl sites for hydroxylation is 1. The first-order valence-corrected chi connectivity index (χ1v) is 7.24. The molecule has 22 heavy (non-hydrogen) atoms. The molecule has 0 unspecified atom stereocenters. The maximum absolute atomic E-state index is 11.9. The Balaban J connectivity index is 1.80. The monoisotopic (exact) mass is 299 g/mol. The summed E-state index contributed by atoms with van der Waals surface area (Å²) in [6, 6.07) is 15.5. The van der Waals surface area contributed by atoms with Crippen LogP contribution in [-0.4, -0.2) is 20.1 Å². The van der Waals surface area contributed by atoms with Crippen molar-refractivity contribution in [1.29, 1.82) is 0 Å². The average molecular weight is 299 g/mol. The van der Waals surface area contributed by atoms with E-state index in [1.165, 1.54) is 0 Å². The molecule has 0 aliphatic carbocycles. The van der Waals surface area contributed by atoms with Crippen molar-refractivity contribution in [3.63, 3.8) is 0 Å². The molecule has 0 saturated heterocycles. The molecule has 0 aliphatic rings. The second kappa shape index (κ2) is 8.08. The molecule has 0 aromatic heterocycles. The van der Waals surface area contributed by atoms with Crippen LogP contribution in [-0.2, 0) is 17.8 Å². The van der Waals surface area contributed by atoms with E-state index in [4.69, 9.17) is 9.47 Å². The Morgan fingerprint density at radius 2 is 1.55 bits per heavy atom. The Bertz CT molecular complexity index is 572. The zero-order chi connectivity index (χ0) is 15.8. The second-order valence-corrected chi connectivity index (χ2v) is 4.98. The largest absolute Gasteiger partial charge is 0.497 e. The number of methoxy groups -OCH3 is 2. The predicted octanol–water partition coefficient (Wildman–Crippen LogP) is 2.95. The van der Waals surface area contributed by atoms with Crippen molar-refractivity contribution in [2.45, 2.75) is 19.4 Å². The highest BCUT2D eigenvalue weighted by atomic mass is 16.5. The van der Waals surface area contributed by atoms with Gasteiger partial charge in [-0.1, -0.05) is 24.3 Å². The van der Waals surface area contributed by atoms with Crippen molar-refractivity contribution in [1.82, 2.24) is 5.32 Å². The maximum atomic E-state index is 11.9. The minimum Gasteiger partial charge on any atom is -0.497 e. The molecule has 0 spiro atoms. The van der Waals surface area contributed by atoms with Crippen molar-refractivity contribution in [3.8, 4) is 11.5 Å². The Hall–Kier alpha value is -2.49. The summed E-state index contributed by atoms with van der Waals surface area (Å²) in [6.07, 6.45) is 1.15. The molecular formula is C18H21NO3. The molecule has 2 aromatic carbocycles. The number of rotatable bonds is 7. The van der Waals surface area contributed by atoms with E-state index in [0.717, 1.165) is 22.6 Å². The number of carbonyl (C=O) groups excluding carboxylic acids is 1. The van der Waals surface area contributed by atoms with E-state index < -0.39 is 0 Å². The molecule has 116 valence electrons. The van der Waals surface area contributed by atoms with Crippen molar-refractivity contribution >= 4 is 5.91 Å². The number of hydrogen-bond donors (Lipinski definition) is 1. The van der Waals surface area contributed by atoms with Gasteiger partial charge in [-0.2, -0.15) is 0 Å². The molecule has 0 radical (unpaired) electrons. The van der Waals surface area contributed by atoms with Gasteiger partial charge >= 0.3 is 0 Å². The quantitative estimate of drug-likeness (QED) is 0.855. The smallest absolute Gasteiger partial charge is 0.220 e. The summed E-state index contributed by atoms with van der Waals surface area (Å²) >= 11 is 0. The van der Waals surface area contributed by atoms with Gasteiger partial charge in [0.15, 0.2) is 0 Å². The van der Waals surface area contributed by atoms with Gasteiger partial charge < -0.3 is 14.8 Å². The highest BCUT2D eigenvalue weighted by Crippen LogP contribution is 2.14. The predicted molar refractivity (Wildman–Crippen MR) is 86.2 cm³/mol. The van der Waals surface area contributed by atoms with Crippen LogP contribution in [0.5, 0.6) is 11.5 Å². The van der Waals surface area contributed by atoms with Gasteiger partial charge in [0.05, 0.1) is 14.2 Å². The van der Waals surface area contributed by atoms with E-state index in [0.29, 0.717) is 19.4 Å². The Labute approximate surface area is 131 Å². The first-order chi connectivity index (χ1) is 10.7. The number of benzene rings is 2. The highest BCUT2D eigenvalue weighted by molar-refractivity contribution is 5.76. The Morgan fingerprint density at radius 1 is 0.955 bits per heavy atom. The molecule has 0 heterocycles. The van der Waals surface area contributed by atoms with Gasteiger partial charge in [-0.05, 0) is 41.8 Å². The zero-order valence-corrected chi connectivity index (χ0v) is 13.0. The number of hydrogen-bond acceptors (Lipinski definition) is 3. The third-order valence-corrected chi connectivity index (χ3v) is 3.40. The van der Waals surface area contributed by atoms with Crippen molar-refractivity contribution < 1.29 is 14.3 Å². The first kappa shape index (κ1) is 15.9. The van der Waals surface area contributed by atoms with E-state index >= 15 is 0 Å². The summed E-state index contributed by atoms with van der Waals surface area (Å²) < 4.78 is 10.3. The van der Waals surface area contributed by atoms with Crippen LogP contribution in [0.25, 0.3) is 0 Å². The molecule has 0 saturated carbocycles. The molecular weight excluding hydrogens is 278 g/mol. The Morgan fingerprint density at radius 3 is 2.18 bits per heavy atom. The van der Waals surface area contributed by atoms with Crippen molar-refractivity contribution in [2.75, 3.05) is 14.2 Å². The molecule has 0 aliphatic heterocycles. The summed E-state index contributed by atoms with van der Waals surface area (Å²) in [5, 5.41) is 2.92. The SMILES string of the molecule is COc1cccc(CCC(=O)NCc2cccc(OC)c2)c1. The minimum atomic E-state index is 0.0330. The maximum Gasteiger partial charge on any atom is 0.220 e. The van der Waals surface area contributed by atoms with E-state index in [-0.39, 0.29) is 5.91 Å². The summed E-state index contributed by atoms with van der Waals surface area (Å²) in [5.74, 6) is 1.64. The molecule has 1 amide bonds. The molecule has 4 nitrogen and oxygen atoms in total. The zero-order valence-electron chi connectivity index (χ0n) is 13.0. The van der Waals surface area contributed by atoms with Crippen molar-refractivity contribution in [2.24, 2.45) is 0 Å². The number of ether oxygens (including phenoxy) is 2. The molecule has 4 heteroatoms. The summed E-state index contributed by atoms with van der Waals surface area (Å²) in [5.41, 5.74) is 2.12.